The molecule has 3 rings (SSSR count). The lowest BCUT2D eigenvalue weighted by Crippen LogP contribution is -2.39. The van der Waals surface area contributed by atoms with Crippen LogP contribution in [0.4, 0.5) is 0 Å². The first-order valence-corrected chi connectivity index (χ1v) is 14.4. The maximum Gasteiger partial charge on any atom is 0.0811 e. The Hall–Kier alpha value is -0.940. The van der Waals surface area contributed by atoms with E-state index in [1.807, 2.05) is 0 Å². The third-order valence-electron chi connectivity index (χ3n) is 10.3. The van der Waals surface area contributed by atoms with Crippen molar-refractivity contribution in [1.82, 2.24) is 0 Å². The van der Waals surface area contributed by atoms with Crippen LogP contribution in [0.5, 0.6) is 0 Å². The van der Waals surface area contributed by atoms with Gasteiger partial charge in [0.15, 0.2) is 0 Å². The Morgan fingerprint density at radius 1 is 1.14 bits per heavy atom. The standard InChI is InChI=1S/C31H52O4/c1-6-31(35,7-2)18-9-8-12-28(33)22(4)26-15-16-27-23(11-10-17-30(26,27)5)13-14-24-19-25(32)20-29(34)21(24)3/h13-14,22,25-29,32-35H,3,6-12,15-20H2,1-2,4-5H3/b23-13+,24-14+/t22-,25-,26-,27+,28-,29+,30-/m1/s1. The normalized spacial score (nSPS) is 35.9. The molecular formula is C31H52O4. The number of hydrogen-bond donors (Lipinski definition) is 4. The quantitative estimate of drug-likeness (QED) is 0.275. The summed E-state index contributed by atoms with van der Waals surface area (Å²) in [5.41, 5.74) is 2.91. The van der Waals surface area contributed by atoms with Crippen LogP contribution in [-0.4, -0.2) is 44.3 Å². The van der Waals surface area contributed by atoms with Gasteiger partial charge < -0.3 is 20.4 Å². The van der Waals surface area contributed by atoms with Crippen LogP contribution in [0.15, 0.2) is 35.5 Å². The molecule has 200 valence electrons. The second-order valence-corrected chi connectivity index (χ2v) is 12.3. The van der Waals surface area contributed by atoms with E-state index in [0.717, 1.165) is 56.1 Å². The van der Waals surface area contributed by atoms with Gasteiger partial charge in [0.1, 0.15) is 0 Å². The van der Waals surface area contributed by atoms with Crippen molar-refractivity contribution >= 4 is 0 Å². The van der Waals surface area contributed by atoms with Crippen LogP contribution < -0.4 is 0 Å². The van der Waals surface area contributed by atoms with E-state index in [4.69, 9.17) is 0 Å². The van der Waals surface area contributed by atoms with Crippen molar-refractivity contribution in [3.05, 3.63) is 35.5 Å². The topological polar surface area (TPSA) is 80.9 Å². The minimum atomic E-state index is -0.643. The summed E-state index contributed by atoms with van der Waals surface area (Å²) < 4.78 is 0. The molecule has 0 bridgehead atoms. The van der Waals surface area contributed by atoms with Crippen molar-refractivity contribution in [1.29, 1.82) is 0 Å². The summed E-state index contributed by atoms with van der Waals surface area (Å²) >= 11 is 0. The fourth-order valence-electron chi connectivity index (χ4n) is 7.55. The molecule has 7 atom stereocenters. The van der Waals surface area contributed by atoms with Crippen molar-refractivity contribution in [2.45, 2.75) is 135 Å². The smallest absolute Gasteiger partial charge is 0.0811 e. The Morgan fingerprint density at radius 2 is 1.86 bits per heavy atom. The molecule has 4 heteroatoms. The number of aliphatic hydroxyl groups excluding tert-OH is 3. The molecule has 3 aliphatic rings. The molecule has 0 aromatic rings. The number of hydrogen-bond acceptors (Lipinski definition) is 4. The summed E-state index contributed by atoms with van der Waals surface area (Å²) in [6.45, 7) is 12.9. The minimum absolute atomic E-state index is 0.219. The lowest BCUT2D eigenvalue weighted by Gasteiger charge is -2.45. The van der Waals surface area contributed by atoms with Crippen LogP contribution in [0, 0.1) is 23.2 Å². The second kappa shape index (κ2) is 12.1. The highest BCUT2D eigenvalue weighted by Gasteiger charge is 2.51. The van der Waals surface area contributed by atoms with E-state index in [1.54, 1.807) is 0 Å². The summed E-state index contributed by atoms with van der Waals surface area (Å²) in [6.07, 6.45) is 15.0. The summed E-state index contributed by atoms with van der Waals surface area (Å²) in [6, 6.07) is 0. The van der Waals surface area contributed by atoms with Gasteiger partial charge in [0.05, 0.1) is 23.9 Å². The van der Waals surface area contributed by atoms with Crippen molar-refractivity contribution < 1.29 is 20.4 Å². The van der Waals surface area contributed by atoms with E-state index in [1.165, 1.54) is 31.3 Å². The van der Waals surface area contributed by atoms with Crippen LogP contribution in [0.25, 0.3) is 0 Å². The predicted octanol–water partition coefficient (Wildman–Crippen LogP) is 6.24. The van der Waals surface area contributed by atoms with Gasteiger partial charge in [-0.1, -0.05) is 64.8 Å². The molecule has 0 aliphatic heterocycles. The average molecular weight is 489 g/mol. The molecule has 0 radical (unpaired) electrons. The number of unbranched alkanes of at least 4 members (excludes halogenated alkanes) is 1. The predicted molar refractivity (Wildman–Crippen MR) is 144 cm³/mol. The van der Waals surface area contributed by atoms with E-state index >= 15 is 0 Å². The Labute approximate surface area is 214 Å². The van der Waals surface area contributed by atoms with E-state index in [9.17, 15) is 20.4 Å². The molecule has 35 heavy (non-hydrogen) atoms. The minimum Gasteiger partial charge on any atom is -0.393 e. The van der Waals surface area contributed by atoms with Gasteiger partial charge in [-0.3, -0.25) is 0 Å². The molecule has 0 saturated heterocycles. The van der Waals surface area contributed by atoms with Crippen LogP contribution in [0.3, 0.4) is 0 Å². The molecule has 4 N–H and O–H groups in total. The van der Waals surface area contributed by atoms with E-state index < -0.39 is 17.8 Å². The molecule has 0 unspecified atom stereocenters. The Balaban J connectivity index is 1.62. The monoisotopic (exact) mass is 488 g/mol. The van der Waals surface area contributed by atoms with Gasteiger partial charge in [-0.05, 0) is 98.5 Å². The first kappa shape index (κ1) is 28.6. The molecule has 3 fully saturated rings. The fourth-order valence-corrected chi connectivity index (χ4v) is 7.55. The van der Waals surface area contributed by atoms with E-state index in [-0.39, 0.29) is 17.4 Å². The van der Waals surface area contributed by atoms with Crippen molar-refractivity contribution in [3.63, 3.8) is 0 Å². The molecule has 0 aromatic carbocycles. The van der Waals surface area contributed by atoms with E-state index in [0.29, 0.717) is 24.7 Å². The zero-order valence-corrected chi connectivity index (χ0v) is 22.8. The molecule has 0 spiro atoms. The first-order valence-electron chi connectivity index (χ1n) is 14.4. The Morgan fingerprint density at radius 3 is 2.54 bits per heavy atom. The van der Waals surface area contributed by atoms with Crippen LogP contribution in [0.1, 0.15) is 111 Å². The van der Waals surface area contributed by atoms with Crippen molar-refractivity contribution in [2.75, 3.05) is 0 Å². The summed E-state index contributed by atoms with van der Waals surface area (Å²) in [5.74, 6) is 1.35. The largest absolute Gasteiger partial charge is 0.393 e. The Bertz CT molecular complexity index is 779. The van der Waals surface area contributed by atoms with Crippen LogP contribution in [-0.2, 0) is 0 Å². The van der Waals surface area contributed by atoms with Gasteiger partial charge in [0.25, 0.3) is 0 Å². The third-order valence-corrected chi connectivity index (χ3v) is 10.3. The molecule has 0 aromatic heterocycles. The maximum absolute atomic E-state index is 11.1. The van der Waals surface area contributed by atoms with Gasteiger partial charge in [0, 0.05) is 6.42 Å². The lowest BCUT2D eigenvalue weighted by molar-refractivity contribution is 0.00842. The third kappa shape index (κ3) is 6.50. The summed E-state index contributed by atoms with van der Waals surface area (Å²) in [5, 5.41) is 41.9. The summed E-state index contributed by atoms with van der Waals surface area (Å²) in [7, 11) is 0. The molecule has 4 nitrogen and oxygen atoms in total. The molecular weight excluding hydrogens is 436 g/mol. The first-order chi connectivity index (χ1) is 16.5. The van der Waals surface area contributed by atoms with Gasteiger partial charge >= 0.3 is 0 Å². The zero-order chi connectivity index (χ0) is 25.8. The van der Waals surface area contributed by atoms with Crippen LogP contribution >= 0.6 is 0 Å². The lowest BCUT2D eigenvalue weighted by atomic mass is 9.60. The number of allylic oxidation sites excluding steroid dienone is 3. The molecule has 3 aliphatic carbocycles. The van der Waals surface area contributed by atoms with Crippen molar-refractivity contribution in [3.8, 4) is 0 Å². The van der Waals surface area contributed by atoms with Gasteiger partial charge in [-0.15, -0.1) is 0 Å². The summed E-state index contributed by atoms with van der Waals surface area (Å²) in [4.78, 5) is 0. The second-order valence-electron chi connectivity index (χ2n) is 12.3. The molecule has 0 heterocycles. The average Bonchev–Trinajstić information content (AvgIpc) is 3.19. The van der Waals surface area contributed by atoms with Crippen LogP contribution in [0.2, 0.25) is 0 Å². The number of rotatable bonds is 10. The molecule has 0 amide bonds. The molecule has 3 saturated carbocycles. The van der Waals surface area contributed by atoms with Gasteiger partial charge in [-0.25, -0.2) is 0 Å². The van der Waals surface area contributed by atoms with E-state index in [2.05, 4.69) is 46.4 Å². The highest BCUT2D eigenvalue weighted by Crippen LogP contribution is 2.60. The van der Waals surface area contributed by atoms with Crippen molar-refractivity contribution in [2.24, 2.45) is 23.2 Å². The number of aliphatic hydroxyl groups is 4. The van der Waals surface area contributed by atoms with Gasteiger partial charge in [-0.2, -0.15) is 0 Å². The highest BCUT2D eigenvalue weighted by molar-refractivity contribution is 5.38. The Kier molecular flexibility index (Phi) is 9.87. The zero-order valence-electron chi connectivity index (χ0n) is 22.8. The highest BCUT2D eigenvalue weighted by atomic mass is 16.3. The fraction of sp³-hybridized carbons (Fsp3) is 0.806. The van der Waals surface area contributed by atoms with Gasteiger partial charge in [0.2, 0.25) is 0 Å². The number of fused-ring (bicyclic) bond motifs is 1. The maximum atomic E-state index is 11.1. The SMILES string of the molecule is C=C1/C(=C/C=C2\CCC[C@]3(C)[C@@H]([C@@H](C)[C@H](O)CCCCC(O)(CC)CC)CC[C@@H]23)C[C@@H](O)C[C@@H]1O.